The van der Waals surface area contributed by atoms with Crippen molar-refractivity contribution in [1.29, 1.82) is 0 Å². The minimum Gasteiger partial charge on any atom is -0.497 e. The first kappa shape index (κ1) is 14.0. The van der Waals surface area contributed by atoms with Crippen LogP contribution in [0.1, 0.15) is 11.5 Å². The third-order valence-electron chi connectivity index (χ3n) is 3.51. The van der Waals surface area contributed by atoms with E-state index in [1.807, 2.05) is 48.5 Å². The van der Waals surface area contributed by atoms with Gasteiger partial charge in [-0.1, -0.05) is 18.2 Å². The van der Waals surface area contributed by atoms with Crippen molar-refractivity contribution in [2.24, 2.45) is 0 Å². The molecular formula is C17H16O3S. The highest BCUT2D eigenvalue weighted by Crippen LogP contribution is 2.41. The summed E-state index contributed by atoms with van der Waals surface area (Å²) in [5.41, 5.74) is 1.06. The van der Waals surface area contributed by atoms with Gasteiger partial charge in [0.2, 0.25) is 0 Å². The number of rotatable bonds is 5. The van der Waals surface area contributed by atoms with Gasteiger partial charge in [0.25, 0.3) is 0 Å². The SMILES string of the molecule is COc1ccc2c(c1)C(C(=O)COc1ccccc1)CS2. The van der Waals surface area contributed by atoms with Gasteiger partial charge in [-0.05, 0) is 35.9 Å². The molecule has 1 aliphatic rings. The van der Waals surface area contributed by atoms with Crippen LogP contribution in [-0.4, -0.2) is 25.3 Å². The molecule has 1 unspecified atom stereocenters. The Labute approximate surface area is 128 Å². The molecule has 0 spiro atoms. The summed E-state index contributed by atoms with van der Waals surface area (Å²) in [5.74, 6) is 2.29. The lowest BCUT2D eigenvalue weighted by Gasteiger charge is -2.12. The van der Waals surface area contributed by atoms with Crippen LogP contribution in [0.25, 0.3) is 0 Å². The Morgan fingerprint density at radius 3 is 2.76 bits per heavy atom. The van der Waals surface area contributed by atoms with E-state index in [9.17, 15) is 4.79 Å². The lowest BCUT2D eigenvalue weighted by atomic mass is 9.97. The average Bonchev–Trinajstić information content (AvgIpc) is 2.96. The van der Waals surface area contributed by atoms with Gasteiger partial charge in [0.05, 0.1) is 13.0 Å². The molecule has 0 aliphatic carbocycles. The minimum atomic E-state index is -0.108. The van der Waals surface area contributed by atoms with Gasteiger partial charge in [0.1, 0.15) is 18.1 Å². The zero-order valence-corrected chi connectivity index (χ0v) is 12.6. The molecule has 2 aromatic rings. The number of Topliss-reactive ketones (excluding diaryl/α,β-unsaturated/α-hetero) is 1. The van der Waals surface area contributed by atoms with Crippen LogP contribution in [0.3, 0.4) is 0 Å². The van der Waals surface area contributed by atoms with E-state index in [2.05, 4.69) is 0 Å². The summed E-state index contributed by atoms with van der Waals surface area (Å²) in [6.45, 7) is 0.103. The van der Waals surface area contributed by atoms with E-state index in [4.69, 9.17) is 9.47 Å². The van der Waals surface area contributed by atoms with Crippen LogP contribution in [-0.2, 0) is 4.79 Å². The maximum Gasteiger partial charge on any atom is 0.178 e. The number of methoxy groups -OCH3 is 1. The molecule has 4 heteroatoms. The third kappa shape index (κ3) is 3.05. The minimum absolute atomic E-state index is 0.103. The Morgan fingerprint density at radius 1 is 1.19 bits per heavy atom. The smallest absolute Gasteiger partial charge is 0.178 e. The molecule has 0 N–H and O–H groups in total. The van der Waals surface area contributed by atoms with Crippen LogP contribution in [0.4, 0.5) is 0 Å². The van der Waals surface area contributed by atoms with Crippen LogP contribution in [0.2, 0.25) is 0 Å². The maximum atomic E-state index is 12.4. The molecule has 0 radical (unpaired) electrons. The van der Waals surface area contributed by atoms with Gasteiger partial charge in [0.15, 0.2) is 5.78 Å². The predicted octanol–water partition coefficient (Wildman–Crippen LogP) is 3.53. The van der Waals surface area contributed by atoms with Crippen molar-refractivity contribution < 1.29 is 14.3 Å². The fraction of sp³-hybridized carbons (Fsp3) is 0.235. The van der Waals surface area contributed by atoms with E-state index in [-0.39, 0.29) is 18.3 Å². The molecule has 3 nitrogen and oxygen atoms in total. The van der Waals surface area contributed by atoms with Crippen molar-refractivity contribution in [1.82, 2.24) is 0 Å². The monoisotopic (exact) mass is 300 g/mol. The van der Waals surface area contributed by atoms with Gasteiger partial charge in [0, 0.05) is 10.6 Å². The number of hydrogen-bond acceptors (Lipinski definition) is 4. The highest BCUT2D eigenvalue weighted by molar-refractivity contribution is 7.99. The normalized spacial score (nSPS) is 16.3. The number of hydrogen-bond donors (Lipinski definition) is 0. The molecule has 0 fully saturated rings. The van der Waals surface area contributed by atoms with E-state index < -0.39 is 0 Å². The topological polar surface area (TPSA) is 35.5 Å². The van der Waals surface area contributed by atoms with Crippen molar-refractivity contribution in [3.8, 4) is 11.5 Å². The first-order chi connectivity index (χ1) is 10.3. The van der Waals surface area contributed by atoms with Crippen molar-refractivity contribution in [3.63, 3.8) is 0 Å². The number of thioether (sulfide) groups is 1. The summed E-state index contributed by atoms with van der Waals surface area (Å²) < 4.78 is 10.8. The number of benzene rings is 2. The van der Waals surface area contributed by atoms with Gasteiger partial charge < -0.3 is 9.47 Å². The number of para-hydroxylation sites is 1. The second-order valence-corrected chi connectivity index (χ2v) is 5.90. The van der Waals surface area contributed by atoms with Crippen molar-refractivity contribution >= 4 is 17.5 Å². The fourth-order valence-corrected chi connectivity index (χ4v) is 3.60. The summed E-state index contributed by atoms with van der Waals surface area (Å²) in [6.07, 6.45) is 0. The Hall–Kier alpha value is -1.94. The van der Waals surface area contributed by atoms with Crippen LogP contribution < -0.4 is 9.47 Å². The Kier molecular flexibility index (Phi) is 4.15. The molecule has 1 heterocycles. The quantitative estimate of drug-likeness (QED) is 0.846. The number of carbonyl (C=O) groups is 1. The molecule has 108 valence electrons. The average molecular weight is 300 g/mol. The van der Waals surface area contributed by atoms with E-state index in [0.29, 0.717) is 0 Å². The standard InChI is InChI=1S/C17H16O3S/c1-19-13-7-8-17-14(9-13)15(11-21-17)16(18)10-20-12-5-3-2-4-6-12/h2-9,15H,10-11H2,1H3. The molecule has 0 bridgehead atoms. The van der Waals surface area contributed by atoms with Gasteiger partial charge >= 0.3 is 0 Å². The second kappa shape index (κ2) is 6.22. The lowest BCUT2D eigenvalue weighted by molar-refractivity contribution is -0.122. The zero-order valence-electron chi connectivity index (χ0n) is 11.7. The molecule has 1 atom stereocenters. The molecular weight excluding hydrogens is 284 g/mol. The van der Waals surface area contributed by atoms with Gasteiger partial charge in [-0.25, -0.2) is 0 Å². The zero-order chi connectivity index (χ0) is 14.7. The number of carbonyl (C=O) groups excluding carboxylic acids is 1. The number of fused-ring (bicyclic) bond motifs is 1. The first-order valence-electron chi connectivity index (χ1n) is 6.79. The third-order valence-corrected chi connectivity index (χ3v) is 4.69. The predicted molar refractivity (Wildman–Crippen MR) is 83.4 cm³/mol. The summed E-state index contributed by atoms with van der Waals surface area (Å²) in [7, 11) is 1.64. The van der Waals surface area contributed by atoms with Crippen LogP contribution in [0, 0.1) is 0 Å². The van der Waals surface area contributed by atoms with E-state index in [0.717, 1.165) is 27.7 Å². The first-order valence-corrected chi connectivity index (χ1v) is 7.78. The van der Waals surface area contributed by atoms with Crippen LogP contribution >= 0.6 is 11.8 Å². The van der Waals surface area contributed by atoms with Crippen molar-refractivity contribution in [2.45, 2.75) is 10.8 Å². The molecule has 2 aromatic carbocycles. The van der Waals surface area contributed by atoms with Crippen LogP contribution in [0.5, 0.6) is 11.5 Å². The highest BCUT2D eigenvalue weighted by Gasteiger charge is 2.29. The molecule has 21 heavy (non-hydrogen) atoms. The largest absolute Gasteiger partial charge is 0.497 e. The molecule has 0 saturated heterocycles. The summed E-state index contributed by atoms with van der Waals surface area (Å²) >= 11 is 1.71. The number of ether oxygens (including phenoxy) is 2. The molecule has 3 rings (SSSR count). The van der Waals surface area contributed by atoms with Crippen LogP contribution in [0.15, 0.2) is 53.4 Å². The Morgan fingerprint density at radius 2 is 2.00 bits per heavy atom. The van der Waals surface area contributed by atoms with Gasteiger partial charge in [-0.2, -0.15) is 0 Å². The highest BCUT2D eigenvalue weighted by atomic mass is 32.2. The molecule has 0 saturated carbocycles. The molecule has 0 amide bonds. The molecule has 1 aliphatic heterocycles. The van der Waals surface area contributed by atoms with Gasteiger partial charge in [-0.15, -0.1) is 11.8 Å². The lowest BCUT2D eigenvalue weighted by Crippen LogP contribution is -2.20. The summed E-state index contributed by atoms with van der Waals surface area (Å²) in [5, 5.41) is 0. The van der Waals surface area contributed by atoms with E-state index in [1.54, 1.807) is 18.9 Å². The fourth-order valence-electron chi connectivity index (χ4n) is 2.36. The van der Waals surface area contributed by atoms with E-state index in [1.165, 1.54) is 0 Å². The summed E-state index contributed by atoms with van der Waals surface area (Å²) in [6, 6.07) is 15.3. The Bertz CT molecular complexity index is 640. The van der Waals surface area contributed by atoms with E-state index >= 15 is 0 Å². The van der Waals surface area contributed by atoms with Crippen molar-refractivity contribution in [3.05, 3.63) is 54.1 Å². The van der Waals surface area contributed by atoms with Crippen molar-refractivity contribution in [2.75, 3.05) is 19.5 Å². The maximum absolute atomic E-state index is 12.4. The molecule has 0 aromatic heterocycles. The second-order valence-electron chi connectivity index (χ2n) is 4.84. The van der Waals surface area contributed by atoms with Gasteiger partial charge in [-0.3, -0.25) is 4.79 Å². The summed E-state index contributed by atoms with van der Waals surface area (Å²) in [4.78, 5) is 13.6. The number of ketones is 1. The Balaban J connectivity index is 1.70.